The molecule has 8 rings (SSSR count). The van der Waals surface area contributed by atoms with Crippen LogP contribution in [0.25, 0.3) is 55.7 Å². The Bertz CT molecular complexity index is 2560. The summed E-state index contributed by atoms with van der Waals surface area (Å²) in [5, 5.41) is 26.0. The lowest BCUT2D eigenvalue weighted by Crippen LogP contribution is -2.26. The molecule has 0 bridgehead atoms. The average molecular weight is 664 g/mol. The highest BCUT2D eigenvalue weighted by Gasteiger charge is 2.51. The van der Waals surface area contributed by atoms with Crippen LogP contribution in [0.15, 0.2) is 170 Å². The monoisotopic (exact) mass is 663 g/mol. The first kappa shape index (κ1) is 32.2. The van der Waals surface area contributed by atoms with Crippen molar-refractivity contribution in [1.29, 1.82) is 15.9 Å². The van der Waals surface area contributed by atoms with Crippen molar-refractivity contribution in [1.82, 2.24) is 0 Å². The third kappa shape index (κ3) is 5.08. The third-order valence-corrected chi connectivity index (χ3v) is 10.4. The van der Waals surface area contributed by atoms with E-state index in [1.807, 2.05) is 30.4 Å². The summed E-state index contributed by atoms with van der Waals surface area (Å²) in [6.45, 7) is 7.96. The predicted octanol–water partition coefficient (Wildman–Crippen LogP) is 12.0. The highest BCUT2D eigenvalue weighted by molar-refractivity contribution is 6.09. The van der Waals surface area contributed by atoms with Crippen molar-refractivity contribution in [2.75, 3.05) is 0 Å². The van der Waals surface area contributed by atoms with Gasteiger partial charge in [0.15, 0.2) is 0 Å². The summed E-state index contributed by atoms with van der Waals surface area (Å²) in [7, 11) is 0. The predicted molar refractivity (Wildman–Crippen MR) is 214 cm³/mol. The Hall–Kier alpha value is -7.07. The summed E-state index contributed by atoms with van der Waals surface area (Å²) in [6, 6.07) is 52.3. The van der Waals surface area contributed by atoms with Crippen molar-refractivity contribution < 1.29 is 0 Å². The van der Waals surface area contributed by atoms with Crippen LogP contribution in [0, 0.1) is 28.1 Å². The topological polar surface area (TPSA) is 71.4 Å². The summed E-state index contributed by atoms with van der Waals surface area (Å²) in [5.74, 6) is 0. The van der Waals surface area contributed by atoms with Crippen molar-refractivity contribution in [2.24, 2.45) is 0 Å². The van der Waals surface area contributed by atoms with Gasteiger partial charge >= 0.3 is 0 Å². The zero-order valence-corrected chi connectivity index (χ0v) is 28.5. The van der Waals surface area contributed by atoms with E-state index >= 15 is 0 Å². The standard InChI is InChI=1S/C49H33N3/c1-32(30-51)27-40(31-52)37-20-18-36(19-21-37)39-23-25-44-43-24-22-38(35-16-14-34(15-17-35)33(2)9-7-8-26-50)28-47(43)49(48(44)29-39)45-12-5-3-10-41(45)42-11-4-6-13-46(42)49/h3-7,9-25,27-29,31,52H,1-2,8H2/b9-7-,40-27+,52-31?. The molecule has 2 aliphatic carbocycles. The second-order valence-corrected chi connectivity index (χ2v) is 13.2. The molecule has 3 nitrogen and oxygen atoms in total. The lowest BCUT2D eigenvalue weighted by molar-refractivity contribution is 0.794. The number of fused-ring (bicyclic) bond motifs is 10. The van der Waals surface area contributed by atoms with E-state index in [4.69, 9.17) is 10.7 Å². The molecule has 0 radical (unpaired) electrons. The number of nitrogens with one attached hydrogen (secondary N) is 1. The number of nitriles is 2. The minimum absolute atomic E-state index is 0.315. The second-order valence-electron chi connectivity index (χ2n) is 13.2. The number of nitrogens with zero attached hydrogens (tertiary/aromatic N) is 2. The Morgan fingerprint density at radius 2 is 1.08 bits per heavy atom. The van der Waals surface area contributed by atoms with E-state index in [1.54, 1.807) is 6.08 Å². The second kappa shape index (κ2) is 13.0. The SMILES string of the molecule is C=C(C#N)/C=C(\C=N)c1ccc(-c2ccc3c(c2)C2(c4ccccc4-c4ccccc42)c2cc(-c4ccc(C(=C)/C=C\CC#N)cc4)ccc2-3)cc1. The fourth-order valence-corrected chi connectivity index (χ4v) is 8.01. The van der Waals surface area contributed by atoms with Crippen LogP contribution in [-0.4, -0.2) is 6.21 Å². The zero-order valence-electron chi connectivity index (χ0n) is 28.5. The van der Waals surface area contributed by atoms with Crippen LogP contribution in [0.4, 0.5) is 0 Å². The van der Waals surface area contributed by atoms with Gasteiger partial charge in [0.05, 0.1) is 24.0 Å². The molecule has 244 valence electrons. The molecule has 1 spiro atoms. The van der Waals surface area contributed by atoms with Gasteiger partial charge in [-0.1, -0.05) is 147 Å². The average Bonchev–Trinajstić information content (AvgIpc) is 3.66. The Balaban J connectivity index is 1.28. The molecule has 0 saturated heterocycles. The lowest BCUT2D eigenvalue weighted by atomic mass is 9.70. The number of hydrogen-bond acceptors (Lipinski definition) is 3. The van der Waals surface area contributed by atoms with E-state index in [9.17, 15) is 5.26 Å². The molecule has 0 aliphatic heterocycles. The number of allylic oxidation sites excluding steroid dienone is 6. The maximum Gasteiger partial charge on any atom is 0.0985 e. The normalized spacial score (nSPS) is 13.1. The fourth-order valence-electron chi connectivity index (χ4n) is 8.01. The molecule has 52 heavy (non-hydrogen) atoms. The van der Waals surface area contributed by atoms with E-state index < -0.39 is 5.41 Å². The lowest BCUT2D eigenvalue weighted by Gasteiger charge is -2.31. The van der Waals surface area contributed by atoms with Crippen LogP contribution < -0.4 is 0 Å². The molecule has 6 aromatic carbocycles. The van der Waals surface area contributed by atoms with Gasteiger partial charge in [-0.2, -0.15) is 10.5 Å². The van der Waals surface area contributed by atoms with Crippen LogP contribution >= 0.6 is 0 Å². The Morgan fingerprint density at radius 3 is 1.58 bits per heavy atom. The highest BCUT2D eigenvalue weighted by atomic mass is 14.5. The summed E-state index contributed by atoms with van der Waals surface area (Å²) in [5.41, 5.74) is 17.8. The fraction of sp³-hybridized carbons (Fsp3) is 0.0408. The minimum Gasteiger partial charge on any atom is -0.308 e. The summed E-state index contributed by atoms with van der Waals surface area (Å²) in [4.78, 5) is 0. The van der Waals surface area contributed by atoms with Crippen molar-refractivity contribution in [3.05, 3.63) is 204 Å². The van der Waals surface area contributed by atoms with Gasteiger partial charge in [-0.15, -0.1) is 0 Å². The number of rotatable bonds is 8. The Morgan fingerprint density at radius 1 is 0.596 bits per heavy atom. The summed E-state index contributed by atoms with van der Waals surface area (Å²) in [6.07, 6.45) is 7.02. The van der Waals surface area contributed by atoms with Crippen molar-refractivity contribution in [3.8, 4) is 56.6 Å². The molecular weight excluding hydrogens is 631 g/mol. The van der Waals surface area contributed by atoms with Gasteiger partial charge in [0, 0.05) is 17.4 Å². The molecule has 0 amide bonds. The molecule has 6 aromatic rings. The van der Waals surface area contributed by atoms with Crippen LogP contribution in [0.3, 0.4) is 0 Å². The van der Waals surface area contributed by atoms with Crippen LogP contribution in [0.1, 0.15) is 39.8 Å². The summed E-state index contributed by atoms with van der Waals surface area (Å²) >= 11 is 0. The smallest absolute Gasteiger partial charge is 0.0985 e. The first-order chi connectivity index (χ1) is 25.5. The Kier molecular flexibility index (Phi) is 8.04. The van der Waals surface area contributed by atoms with Gasteiger partial charge < -0.3 is 5.41 Å². The van der Waals surface area contributed by atoms with Gasteiger partial charge in [-0.25, -0.2) is 0 Å². The van der Waals surface area contributed by atoms with E-state index in [2.05, 4.69) is 141 Å². The molecule has 0 saturated carbocycles. The van der Waals surface area contributed by atoms with Crippen LogP contribution in [-0.2, 0) is 5.41 Å². The molecule has 0 unspecified atom stereocenters. The molecule has 0 fully saturated rings. The van der Waals surface area contributed by atoms with Crippen molar-refractivity contribution in [2.45, 2.75) is 11.8 Å². The molecule has 1 N–H and O–H groups in total. The van der Waals surface area contributed by atoms with Gasteiger partial charge in [0.2, 0.25) is 0 Å². The molecule has 0 aromatic heterocycles. The van der Waals surface area contributed by atoms with E-state index in [0.29, 0.717) is 17.6 Å². The molecule has 3 heteroatoms. The maximum absolute atomic E-state index is 9.22. The zero-order chi connectivity index (χ0) is 35.8. The van der Waals surface area contributed by atoms with E-state index in [1.165, 1.54) is 50.7 Å². The van der Waals surface area contributed by atoms with Gasteiger partial charge in [-0.3, -0.25) is 0 Å². The van der Waals surface area contributed by atoms with Crippen molar-refractivity contribution >= 4 is 17.4 Å². The quantitative estimate of drug-likeness (QED) is 0.0998. The van der Waals surface area contributed by atoms with E-state index in [0.717, 1.165) is 39.0 Å². The van der Waals surface area contributed by atoms with E-state index in [-0.39, 0.29) is 0 Å². The highest BCUT2D eigenvalue weighted by Crippen LogP contribution is 2.63. The molecule has 2 aliphatic rings. The third-order valence-electron chi connectivity index (χ3n) is 10.4. The number of benzene rings is 6. The first-order valence-corrected chi connectivity index (χ1v) is 17.2. The van der Waals surface area contributed by atoms with Gasteiger partial charge in [0.1, 0.15) is 0 Å². The molecule has 0 heterocycles. The van der Waals surface area contributed by atoms with Crippen molar-refractivity contribution in [3.63, 3.8) is 0 Å². The Labute approximate surface area is 304 Å². The van der Waals surface area contributed by atoms with Crippen LogP contribution in [0.5, 0.6) is 0 Å². The largest absolute Gasteiger partial charge is 0.308 e. The first-order valence-electron chi connectivity index (χ1n) is 17.2. The van der Waals surface area contributed by atoms with Gasteiger partial charge in [0.25, 0.3) is 0 Å². The number of hydrogen-bond donors (Lipinski definition) is 1. The molecule has 0 atom stereocenters. The molecular formula is C49H33N3. The minimum atomic E-state index is -0.503. The summed E-state index contributed by atoms with van der Waals surface area (Å²) < 4.78 is 0. The maximum atomic E-state index is 9.22. The van der Waals surface area contributed by atoms with Crippen LogP contribution in [0.2, 0.25) is 0 Å². The van der Waals surface area contributed by atoms with Gasteiger partial charge in [-0.05, 0) is 102 Å².